The summed E-state index contributed by atoms with van der Waals surface area (Å²) in [6.07, 6.45) is 6.39. The van der Waals surface area contributed by atoms with E-state index in [2.05, 4.69) is 46.8 Å². The van der Waals surface area contributed by atoms with E-state index in [-0.39, 0.29) is 23.6 Å². The van der Waals surface area contributed by atoms with Gasteiger partial charge in [-0.15, -0.1) is 0 Å². The van der Waals surface area contributed by atoms with Crippen molar-refractivity contribution in [1.29, 1.82) is 0 Å². The lowest BCUT2D eigenvalue weighted by Gasteiger charge is -2.35. The largest absolute Gasteiger partial charge is 0.482 e. The molecule has 1 fully saturated rings. The smallest absolute Gasteiger partial charge is 0.344 e. The number of hydrogen-bond acceptors (Lipinski definition) is 3. The van der Waals surface area contributed by atoms with Crippen molar-refractivity contribution in [3.8, 4) is 5.75 Å². The molecule has 1 aliphatic carbocycles. The molecule has 3 nitrogen and oxygen atoms in total. The van der Waals surface area contributed by atoms with Crippen LogP contribution in [0.2, 0.25) is 0 Å². The van der Waals surface area contributed by atoms with E-state index < -0.39 is 0 Å². The lowest BCUT2D eigenvalue weighted by atomic mass is 9.78. The third-order valence-electron chi connectivity index (χ3n) is 5.78. The van der Waals surface area contributed by atoms with Gasteiger partial charge in [0, 0.05) is 0 Å². The summed E-state index contributed by atoms with van der Waals surface area (Å²) in [5, 5.41) is 0. The summed E-state index contributed by atoms with van der Waals surface area (Å²) in [7, 11) is 0. The minimum absolute atomic E-state index is 0.0179. The molecule has 25 heavy (non-hydrogen) atoms. The van der Waals surface area contributed by atoms with Crippen molar-refractivity contribution < 1.29 is 14.3 Å². The number of ether oxygens (including phenoxy) is 2. The molecule has 0 N–H and O–H groups in total. The van der Waals surface area contributed by atoms with Gasteiger partial charge in [0.2, 0.25) is 0 Å². The highest BCUT2D eigenvalue weighted by Gasteiger charge is 2.34. The summed E-state index contributed by atoms with van der Waals surface area (Å²) in [5.74, 6) is 0.925. The molecule has 1 unspecified atom stereocenters. The summed E-state index contributed by atoms with van der Waals surface area (Å²) < 4.78 is 11.4. The van der Waals surface area contributed by atoms with Gasteiger partial charge in [0.1, 0.15) is 11.4 Å². The molecule has 0 radical (unpaired) electrons. The molecule has 0 amide bonds. The monoisotopic (exact) mass is 346 g/mol. The first kappa shape index (κ1) is 19.8. The van der Waals surface area contributed by atoms with Crippen LogP contribution >= 0.6 is 0 Å². The molecule has 0 aliphatic heterocycles. The van der Waals surface area contributed by atoms with Gasteiger partial charge in [-0.25, -0.2) is 4.79 Å². The second-order valence-electron chi connectivity index (χ2n) is 8.52. The second kappa shape index (κ2) is 8.25. The Kier molecular flexibility index (Phi) is 6.53. The molecule has 0 bridgehead atoms. The van der Waals surface area contributed by atoms with E-state index in [9.17, 15) is 4.79 Å². The molecule has 140 valence electrons. The highest BCUT2D eigenvalue weighted by molar-refractivity contribution is 5.71. The predicted molar refractivity (Wildman–Crippen MR) is 102 cm³/mol. The zero-order valence-corrected chi connectivity index (χ0v) is 16.6. The Morgan fingerprint density at radius 3 is 2.24 bits per heavy atom. The topological polar surface area (TPSA) is 35.5 Å². The molecule has 1 aromatic carbocycles. The van der Waals surface area contributed by atoms with Gasteiger partial charge in [-0.2, -0.15) is 0 Å². The van der Waals surface area contributed by atoms with Gasteiger partial charge in [-0.3, -0.25) is 0 Å². The van der Waals surface area contributed by atoms with E-state index in [0.717, 1.165) is 37.9 Å². The summed E-state index contributed by atoms with van der Waals surface area (Å²) in [6, 6.07) is 8.07. The Morgan fingerprint density at radius 2 is 1.72 bits per heavy atom. The van der Waals surface area contributed by atoms with E-state index in [1.54, 1.807) is 0 Å². The van der Waals surface area contributed by atoms with E-state index in [1.165, 1.54) is 12.0 Å². The van der Waals surface area contributed by atoms with Gasteiger partial charge in [-0.05, 0) is 61.1 Å². The maximum Gasteiger partial charge on any atom is 0.344 e. The Morgan fingerprint density at radius 1 is 1.12 bits per heavy atom. The van der Waals surface area contributed by atoms with Crippen molar-refractivity contribution in [1.82, 2.24) is 0 Å². The Labute approximate surface area is 153 Å². The highest BCUT2D eigenvalue weighted by atomic mass is 16.6. The van der Waals surface area contributed by atoms with Crippen LogP contribution in [-0.2, 0) is 9.53 Å². The first-order valence-corrected chi connectivity index (χ1v) is 9.70. The van der Waals surface area contributed by atoms with E-state index in [4.69, 9.17) is 9.47 Å². The van der Waals surface area contributed by atoms with Crippen LogP contribution in [0.3, 0.4) is 0 Å². The molecule has 0 heterocycles. The number of carbonyl (C=O) groups is 1. The van der Waals surface area contributed by atoms with Gasteiger partial charge in [0.05, 0.1) is 0 Å². The van der Waals surface area contributed by atoms with Gasteiger partial charge >= 0.3 is 5.97 Å². The molecule has 0 spiro atoms. The molecule has 1 aliphatic rings. The summed E-state index contributed by atoms with van der Waals surface area (Å²) in [5.41, 5.74) is 1.25. The maximum absolute atomic E-state index is 12.2. The van der Waals surface area contributed by atoms with Crippen LogP contribution in [0.4, 0.5) is 0 Å². The van der Waals surface area contributed by atoms with Crippen molar-refractivity contribution in [3.63, 3.8) is 0 Å². The van der Waals surface area contributed by atoms with Crippen LogP contribution in [0.5, 0.6) is 5.75 Å². The molecule has 0 saturated heterocycles. The van der Waals surface area contributed by atoms with E-state index >= 15 is 0 Å². The first-order chi connectivity index (χ1) is 11.8. The maximum atomic E-state index is 12.2. The number of esters is 1. The first-order valence-electron chi connectivity index (χ1n) is 9.70. The van der Waals surface area contributed by atoms with Crippen LogP contribution in [0.15, 0.2) is 24.3 Å². The van der Waals surface area contributed by atoms with Crippen molar-refractivity contribution in [3.05, 3.63) is 29.8 Å². The van der Waals surface area contributed by atoms with Crippen molar-refractivity contribution in [2.45, 2.75) is 84.7 Å². The Hall–Kier alpha value is -1.51. The standard InChI is InChI=1S/C22H34O3/c1-6-22(14-8-7-9-15-22)25-20(23)16-24-19-12-10-18(11-13-19)17(2)21(3,4)5/h10-13,17H,6-9,14-16H2,1-5H3. The summed E-state index contributed by atoms with van der Waals surface area (Å²) in [4.78, 5) is 12.2. The van der Waals surface area contributed by atoms with Crippen LogP contribution in [-0.4, -0.2) is 18.2 Å². The minimum Gasteiger partial charge on any atom is -0.482 e. The quantitative estimate of drug-likeness (QED) is 0.604. The Balaban J connectivity index is 1.87. The molecular formula is C22H34O3. The number of carbonyl (C=O) groups excluding carboxylic acids is 1. The third-order valence-corrected chi connectivity index (χ3v) is 5.78. The van der Waals surface area contributed by atoms with Crippen LogP contribution < -0.4 is 4.74 Å². The van der Waals surface area contributed by atoms with E-state index in [1.807, 2.05) is 12.1 Å². The third kappa shape index (κ3) is 5.49. The SMILES string of the molecule is CCC1(OC(=O)COc2ccc(C(C)C(C)(C)C)cc2)CCCCC1. The van der Waals surface area contributed by atoms with Crippen LogP contribution in [0.1, 0.15) is 84.6 Å². The zero-order valence-electron chi connectivity index (χ0n) is 16.6. The molecule has 3 heteroatoms. The summed E-state index contributed by atoms with van der Waals surface area (Å²) >= 11 is 0. The van der Waals surface area contributed by atoms with Crippen LogP contribution in [0, 0.1) is 5.41 Å². The van der Waals surface area contributed by atoms with Gasteiger partial charge in [0.25, 0.3) is 0 Å². The lowest BCUT2D eigenvalue weighted by Crippen LogP contribution is -2.38. The number of benzene rings is 1. The van der Waals surface area contributed by atoms with Gasteiger partial charge in [0.15, 0.2) is 6.61 Å². The summed E-state index contributed by atoms with van der Waals surface area (Å²) in [6.45, 7) is 11.1. The lowest BCUT2D eigenvalue weighted by molar-refractivity contribution is -0.166. The molecular weight excluding hydrogens is 312 g/mol. The molecule has 1 atom stereocenters. The van der Waals surface area contributed by atoms with Gasteiger partial charge in [-0.1, -0.05) is 53.2 Å². The molecule has 1 saturated carbocycles. The van der Waals surface area contributed by atoms with Crippen LogP contribution in [0.25, 0.3) is 0 Å². The number of rotatable bonds is 6. The Bertz CT molecular complexity index is 548. The fraction of sp³-hybridized carbons (Fsp3) is 0.682. The second-order valence-corrected chi connectivity index (χ2v) is 8.52. The fourth-order valence-electron chi connectivity index (χ4n) is 3.49. The number of hydrogen-bond donors (Lipinski definition) is 0. The minimum atomic E-state index is -0.259. The molecule has 2 rings (SSSR count). The normalized spacial score (nSPS) is 18.4. The van der Waals surface area contributed by atoms with Crippen molar-refractivity contribution in [2.24, 2.45) is 5.41 Å². The zero-order chi connectivity index (χ0) is 18.5. The van der Waals surface area contributed by atoms with E-state index in [0.29, 0.717) is 5.92 Å². The highest BCUT2D eigenvalue weighted by Crippen LogP contribution is 2.35. The average Bonchev–Trinajstić information content (AvgIpc) is 2.60. The average molecular weight is 347 g/mol. The van der Waals surface area contributed by atoms with Crippen molar-refractivity contribution >= 4 is 5.97 Å². The van der Waals surface area contributed by atoms with Gasteiger partial charge < -0.3 is 9.47 Å². The van der Waals surface area contributed by atoms with Crippen molar-refractivity contribution in [2.75, 3.05) is 6.61 Å². The predicted octanol–water partition coefficient (Wildman–Crippen LogP) is 5.87. The molecule has 0 aromatic heterocycles. The fourth-order valence-corrected chi connectivity index (χ4v) is 3.49. The molecule has 1 aromatic rings.